The molecule has 20 heavy (non-hydrogen) atoms. The molecule has 0 aliphatic rings. The zero-order valence-electron chi connectivity index (χ0n) is 11.5. The van der Waals surface area contributed by atoms with E-state index in [2.05, 4.69) is 34.2 Å². The highest BCUT2D eigenvalue weighted by atomic mass is 79.9. The topological polar surface area (TPSA) is 21.3 Å². The van der Waals surface area contributed by atoms with Gasteiger partial charge in [-0.15, -0.1) is 11.3 Å². The largest absolute Gasteiger partial charge is 0.496 e. The van der Waals surface area contributed by atoms with Crippen LogP contribution in [0.2, 0.25) is 5.02 Å². The third kappa shape index (κ3) is 3.76. The minimum Gasteiger partial charge on any atom is -0.496 e. The van der Waals surface area contributed by atoms with E-state index in [0.29, 0.717) is 0 Å². The Bertz CT molecular complexity index is 553. The molecule has 0 aliphatic heterocycles. The Kier molecular flexibility index (Phi) is 5.90. The minimum atomic E-state index is 0.241. The predicted octanol–water partition coefficient (Wildman–Crippen LogP) is 5.07. The molecule has 1 heterocycles. The predicted molar refractivity (Wildman–Crippen MR) is 90.1 cm³/mol. The highest BCUT2D eigenvalue weighted by molar-refractivity contribution is 9.11. The van der Waals surface area contributed by atoms with E-state index in [1.807, 2.05) is 24.3 Å². The van der Waals surface area contributed by atoms with Gasteiger partial charge in [-0.1, -0.05) is 36.7 Å². The Balaban J connectivity index is 2.25. The molecule has 1 unspecified atom stereocenters. The smallest absolute Gasteiger partial charge is 0.122 e. The molecule has 0 amide bonds. The Morgan fingerprint density at radius 3 is 2.75 bits per heavy atom. The maximum absolute atomic E-state index is 6.15. The van der Waals surface area contributed by atoms with Gasteiger partial charge in [0.05, 0.1) is 15.9 Å². The average molecular weight is 375 g/mol. The SMILES string of the molecule is CCNC(Cc1ccccc1OC)c1cc(Cl)c(Br)s1. The van der Waals surface area contributed by atoms with Gasteiger partial charge in [0.25, 0.3) is 0 Å². The molecule has 0 aliphatic carbocycles. The summed E-state index contributed by atoms with van der Waals surface area (Å²) in [6.07, 6.45) is 0.876. The summed E-state index contributed by atoms with van der Waals surface area (Å²) in [5, 5.41) is 4.29. The third-order valence-corrected chi connectivity index (χ3v) is 5.66. The molecule has 1 aromatic heterocycles. The van der Waals surface area contributed by atoms with Crippen molar-refractivity contribution < 1.29 is 4.74 Å². The molecule has 2 rings (SSSR count). The first-order valence-electron chi connectivity index (χ1n) is 6.45. The number of halogens is 2. The molecule has 1 aromatic carbocycles. The number of rotatable bonds is 6. The molecule has 0 spiro atoms. The van der Waals surface area contributed by atoms with Gasteiger partial charge in [-0.25, -0.2) is 0 Å². The molecular formula is C15H17BrClNOS. The van der Waals surface area contributed by atoms with Crippen molar-refractivity contribution in [2.45, 2.75) is 19.4 Å². The number of ether oxygens (including phenoxy) is 1. The van der Waals surface area contributed by atoms with E-state index in [-0.39, 0.29) is 6.04 Å². The van der Waals surface area contributed by atoms with Crippen LogP contribution in [0.25, 0.3) is 0 Å². The quantitative estimate of drug-likeness (QED) is 0.762. The zero-order chi connectivity index (χ0) is 14.5. The lowest BCUT2D eigenvalue weighted by Crippen LogP contribution is -2.22. The number of likely N-dealkylation sites (N-methyl/N-ethyl adjacent to an activating group) is 1. The Hall–Kier alpha value is -0.550. The normalized spacial score (nSPS) is 12.4. The van der Waals surface area contributed by atoms with Crippen molar-refractivity contribution in [3.05, 3.63) is 49.6 Å². The van der Waals surface area contributed by atoms with Crippen LogP contribution in [0.3, 0.4) is 0 Å². The second-order valence-electron chi connectivity index (χ2n) is 4.40. The Morgan fingerprint density at radius 1 is 1.40 bits per heavy atom. The monoisotopic (exact) mass is 373 g/mol. The van der Waals surface area contributed by atoms with Gasteiger partial charge in [0, 0.05) is 10.9 Å². The lowest BCUT2D eigenvalue weighted by atomic mass is 10.0. The van der Waals surface area contributed by atoms with E-state index in [4.69, 9.17) is 16.3 Å². The molecule has 0 saturated carbocycles. The molecule has 0 fully saturated rings. The molecule has 1 N–H and O–H groups in total. The second-order valence-corrected chi connectivity index (χ2v) is 7.21. The first-order chi connectivity index (χ1) is 9.65. The van der Waals surface area contributed by atoms with Crippen molar-refractivity contribution in [2.75, 3.05) is 13.7 Å². The molecule has 1 atom stereocenters. The van der Waals surface area contributed by atoms with E-state index in [0.717, 1.165) is 27.5 Å². The summed E-state index contributed by atoms with van der Waals surface area (Å²) in [6.45, 7) is 3.02. The fourth-order valence-corrected chi connectivity index (χ4v) is 3.97. The third-order valence-electron chi connectivity index (χ3n) is 3.07. The summed E-state index contributed by atoms with van der Waals surface area (Å²) in [5.74, 6) is 0.928. The van der Waals surface area contributed by atoms with Crippen LogP contribution in [-0.4, -0.2) is 13.7 Å². The molecule has 0 radical (unpaired) electrons. The highest BCUT2D eigenvalue weighted by Crippen LogP contribution is 2.37. The molecule has 108 valence electrons. The van der Waals surface area contributed by atoms with Crippen molar-refractivity contribution >= 4 is 38.9 Å². The standard InChI is InChI=1S/C15H17BrClNOS/c1-3-18-12(14-9-11(17)15(16)20-14)8-10-6-4-5-7-13(10)19-2/h4-7,9,12,18H,3,8H2,1-2H3. The lowest BCUT2D eigenvalue weighted by Gasteiger charge is -2.18. The van der Waals surface area contributed by atoms with E-state index in [9.17, 15) is 0 Å². The van der Waals surface area contributed by atoms with Crippen molar-refractivity contribution in [3.63, 3.8) is 0 Å². The van der Waals surface area contributed by atoms with Crippen molar-refractivity contribution in [1.29, 1.82) is 0 Å². The van der Waals surface area contributed by atoms with Gasteiger partial charge in [-0.3, -0.25) is 0 Å². The minimum absolute atomic E-state index is 0.241. The number of thiophene rings is 1. The first kappa shape index (κ1) is 15.8. The molecule has 5 heteroatoms. The van der Waals surface area contributed by atoms with Gasteiger partial charge >= 0.3 is 0 Å². The number of nitrogens with one attached hydrogen (secondary N) is 1. The number of hydrogen-bond acceptors (Lipinski definition) is 3. The van der Waals surface area contributed by atoms with Crippen LogP contribution in [-0.2, 0) is 6.42 Å². The molecule has 0 saturated heterocycles. The highest BCUT2D eigenvalue weighted by Gasteiger charge is 2.17. The molecule has 2 aromatic rings. The van der Waals surface area contributed by atoms with E-state index >= 15 is 0 Å². The number of hydrogen-bond donors (Lipinski definition) is 1. The fraction of sp³-hybridized carbons (Fsp3) is 0.333. The van der Waals surface area contributed by atoms with Crippen molar-refractivity contribution in [1.82, 2.24) is 5.32 Å². The van der Waals surface area contributed by atoms with Crippen LogP contribution >= 0.6 is 38.9 Å². The van der Waals surface area contributed by atoms with Gasteiger partial charge in [0.1, 0.15) is 5.75 Å². The van der Waals surface area contributed by atoms with Gasteiger partial charge in [0.15, 0.2) is 0 Å². The van der Waals surface area contributed by atoms with Crippen molar-refractivity contribution in [2.24, 2.45) is 0 Å². The van der Waals surface area contributed by atoms with Crippen LogP contribution < -0.4 is 10.1 Å². The van der Waals surface area contributed by atoms with Gasteiger partial charge in [0.2, 0.25) is 0 Å². The van der Waals surface area contributed by atoms with E-state index in [1.54, 1.807) is 18.4 Å². The fourth-order valence-electron chi connectivity index (χ4n) is 2.15. The first-order valence-corrected chi connectivity index (χ1v) is 8.44. The summed E-state index contributed by atoms with van der Waals surface area (Å²) in [5.41, 5.74) is 1.20. The Morgan fingerprint density at radius 2 is 2.15 bits per heavy atom. The maximum atomic E-state index is 6.15. The summed E-state index contributed by atoms with van der Waals surface area (Å²) in [7, 11) is 1.71. The lowest BCUT2D eigenvalue weighted by molar-refractivity contribution is 0.406. The van der Waals surface area contributed by atoms with Gasteiger partial charge in [-0.2, -0.15) is 0 Å². The summed E-state index contributed by atoms with van der Waals surface area (Å²) >= 11 is 11.3. The zero-order valence-corrected chi connectivity index (χ0v) is 14.6. The van der Waals surface area contributed by atoms with Crippen LogP contribution in [0.1, 0.15) is 23.4 Å². The van der Waals surface area contributed by atoms with Crippen LogP contribution in [0, 0.1) is 0 Å². The van der Waals surface area contributed by atoms with Gasteiger partial charge in [-0.05, 0) is 46.6 Å². The summed E-state index contributed by atoms with van der Waals surface area (Å²) in [4.78, 5) is 1.23. The maximum Gasteiger partial charge on any atom is 0.122 e. The van der Waals surface area contributed by atoms with Crippen LogP contribution in [0.5, 0.6) is 5.75 Å². The second kappa shape index (κ2) is 7.46. The summed E-state index contributed by atoms with van der Waals surface area (Å²) < 4.78 is 6.41. The summed E-state index contributed by atoms with van der Waals surface area (Å²) in [6, 6.07) is 10.4. The van der Waals surface area contributed by atoms with Crippen LogP contribution in [0.15, 0.2) is 34.1 Å². The number of methoxy groups -OCH3 is 1. The molecular weight excluding hydrogens is 358 g/mol. The molecule has 2 nitrogen and oxygen atoms in total. The van der Waals surface area contributed by atoms with E-state index < -0.39 is 0 Å². The number of benzene rings is 1. The van der Waals surface area contributed by atoms with Crippen LogP contribution in [0.4, 0.5) is 0 Å². The van der Waals surface area contributed by atoms with E-state index in [1.165, 1.54) is 10.4 Å². The van der Waals surface area contributed by atoms with Crippen molar-refractivity contribution in [3.8, 4) is 5.75 Å². The average Bonchev–Trinajstić information content (AvgIpc) is 2.79. The number of para-hydroxylation sites is 1. The Labute approximate surface area is 137 Å². The molecule has 0 bridgehead atoms. The van der Waals surface area contributed by atoms with Gasteiger partial charge < -0.3 is 10.1 Å².